The van der Waals surface area contributed by atoms with Gasteiger partial charge in [-0.15, -0.1) is 0 Å². The molecule has 0 spiro atoms. The highest BCUT2D eigenvalue weighted by atomic mass is 16.5. The molecule has 15 heavy (non-hydrogen) atoms. The molecule has 1 saturated heterocycles. The summed E-state index contributed by atoms with van der Waals surface area (Å²) in [5, 5.41) is 7.34. The molecule has 0 bridgehead atoms. The Hall–Kier alpha value is -0.870. The van der Waals surface area contributed by atoms with Gasteiger partial charge in [0, 0.05) is 25.3 Å². The topological polar surface area (TPSA) is 47.3 Å². The molecule has 4 heteroatoms. The van der Waals surface area contributed by atoms with Crippen molar-refractivity contribution in [3.05, 3.63) is 17.5 Å². The quantitative estimate of drug-likeness (QED) is 0.820. The molecule has 0 saturated carbocycles. The van der Waals surface area contributed by atoms with Crippen molar-refractivity contribution < 1.29 is 9.26 Å². The first kappa shape index (κ1) is 10.6. The minimum absolute atomic E-state index is 0.359. The van der Waals surface area contributed by atoms with Crippen molar-refractivity contribution in [2.45, 2.75) is 45.4 Å². The molecular formula is C11H18N2O2. The van der Waals surface area contributed by atoms with E-state index in [2.05, 4.69) is 17.4 Å². The Bertz CT molecular complexity index is 305. The van der Waals surface area contributed by atoms with Gasteiger partial charge in [0.25, 0.3) is 0 Å². The van der Waals surface area contributed by atoms with Crippen LogP contribution in [0.25, 0.3) is 0 Å². The molecule has 1 aliphatic heterocycles. The number of hydrogen-bond donors (Lipinski definition) is 1. The number of rotatable bonds is 4. The molecule has 0 radical (unpaired) electrons. The largest absolute Gasteiger partial charge is 0.377 e. The Morgan fingerprint density at radius 2 is 2.53 bits per heavy atom. The van der Waals surface area contributed by atoms with Gasteiger partial charge in [-0.25, -0.2) is 0 Å². The highest BCUT2D eigenvalue weighted by molar-refractivity contribution is 5.03. The van der Waals surface area contributed by atoms with Crippen LogP contribution in [0.5, 0.6) is 0 Å². The third-order valence-corrected chi connectivity index (χ3v) is 2.80. The predicted octanol–water partition coefficient (Wildman–Crippen LogP) is 1.64. The van der Waals surface area contributed by atoms with E-state index in [-0.39, 0.29) is 0 Å². The van der Waals surface area contributed by atoms with Gasteiger partial charge in [0.05, 0.1) is 11.8 Å². The maximum Gasteiger partial charge on any atom is 0.133 e. The maximum absolute atomic E-state index is 5.60. The third kappa shape index (κ3) is 2.79. The zero-order valence-electron chi connectivity index (χ0n) is 9.32. The fraction of sp³-hybridized carbons (Fsp3) is 0.727. The summed E-state index contributed by atoms with van der Waals surface area (Å²) < 4.78 is 10.6. The summed E-state index contributed by atoms with van der Waals surface area (Å²) in [5.41, 5.74) is 0.956. The van der Waals surface area contributed by atoms with Crippen molar-refractivity contribution in [1.29, 1.82) is 0 Å². The van der Waals surface area contributed by atoms with Gasteiger partial charge in [-0.2, -0.15) is 0 Å². The molecule has 1 aromatic rings. The van der Waals surface area contributed by atoms with Crippen molar-refractivity contribution in [2.24, 2.45) is 0 Å². The Morgan fingerprint density at radius 1 is 1.67 bits per heavy atom. The third-order valence-electron chi connectivity index (χ3n) is 2.80. The minimum Gasteiger partial charge on any atom is -0.377 e. The summed E-state index contributed by atoms with van der Waals surface area (Å²) >= 11 is 0. The molecule has 2 rings (SSSR count). The SMILES string of the molecule is Cc1cc(CN[C@@H](C)[C@H]2CCCO2)no1. The summed E-state index contributed by atoms with van der Waals surface area (Å²) in [5.74, 6) is 0.858. The summed E-state index contributed by atoms with van der Waals surface area (Å²) in [6.07, 6.45) is 2.70. The van der Waals surface area contributed by atoms with Crippen LogP contribution in [0.15, 0.2) is 10.6 Å². The van der Waals surface area contributed by atoms with Crippen molar-refractivity contribution in [1.82, 2.24) is 10.5 Å². The normalized spacial score (nSPS) is 23.2. The van der Waals surface area contributed by atoms with Crippen LogP contribution in [0.2, 0.25) is 0 Å². The molecule has 2 atom stereocenters. The van der Waals surface area contributed by atoms with Crippen LogP contribution in [0.1, 0.15) is 31.2 Å². The average molecular weight is 210 g/mol. The Kier molecular flexibility index (Phi) is 3.38. The molecule has 2 heterocycles. The highest BCUT2D eigenvalue weighted by Gasteiger charge is 2.21. The zero-order valence-corrected chi connectivity index (χ0v) is 9.32. The van der Waals surface area contributed by atoms with Crippen LogP contribution in [0, 0.1) is 6.92 Å². The Labute approximate surface area is 90.0 Å². The smallest absolute Gasteiger partial charge is 0.133 e. The molecular weight excluding hydrogens is 192 g/mol. The maximum atomic E-state index is 5.60. The average Bonchev–Trinajstić information content (AvgIpc) is 2.84. The summed E-state index contributed by atoms with van der Waals surface area (Å²) in [6, 6.07) is 2.33. The van der Waals surface area contributed by atoms with Crippen LogP contribution in [0.4, 0.5) is 0 Å². The van der Waals surface area contributed by atoms with E-state index in [1.165, 1.54) is 6.42 Å². The van der Waals surface area contributed by atoms with Gasteiger partial charge < -0.3 is 14.6 Å². The molecule has 4 nitrogen and oxygen atoms in total. The van der Waals surface area contributed by atoms with Gasteiger partial charge >= 0.3 is 0 Å². The van der Waals surface area contributed by atoms with Crippen LogP contribution >= 0.6 is 0 Å². The molecule has 1 fully saturated rings. The lowest BCUT2D eigenvalue weighted by Crippen LogP contribution is -2.36. The second-order valence-corrected chi connectivity index (χ2v) is 4.15. The molecule has 0 aromatic carbocycles. The van der Waals surface area contributed by atoms with E-state index in [4.69, 9.17) is 9.26 Å². The lowest BCUT2D eigenvalue weighted by molar-refractivity contribution is 0.0830. The first-order valence-electron chi connectivity index (χ1n) is 5.53. The lowest BCUT2D eigenvalue weighted by atomic mass is 10.1. The van der Waals surface area contributed by atoms with Crippen LogP contribution in [-0.4, -0.2) is 23.9 Å². The van der Waals surface area contributed by atoms with Crippen molar-refractivity contribution in [2.75, 3.05) is 6.61 Å². The van der Waals surface area contributed by atoms with Gasteiger partial charge in [0.15, 0.2) is 0 Å². The number of nitrogens with one attached hydrogen (secondary N) is 1. The number of ether oxygens (including phenoxy) is 1. The summed E-state index contributed by atoms with van der Waals surface area (Å²) in [4.78, 5) is 0. The highest BCUT2D eigenvalue weighted by Crippen LogP contribution is 2.15. The minimum atomic E-state index is 0.359. The molecule has 0 unspecified atom stereocenters. The predicted molar refractivity (Wildman–Crippen MR) is 56.5 cm³/mol. The van der Waals surface area contributed by atoms with Gasteiger partial charge in [-0.1, -0.05) is 5.16 Å². The van der Waals surface area contributed by atoms with Gasteiger partial charge in [0.2, 0.25) is 0 Å². The van der Waals surface area contributed by atoms with Crippen LogP contribution in [-0.2, 0) is 11.3 Å². The summed E-state index contributed by atoms with van der Waals surface area (Å²) in [6.45, 7) is 5.71. The molecule has 0 aliphatic carbocycles. The zero-order chi connectivity index (χ0) is 10.7. The lowest BCUT2D eigenvalue weighted by Gasteiger charge is -2.19. The second kappa shape index (κ2) is 4.77. The molecule has 1 N–H and O–H groups in total. The van der Waals surface area contributed by atoms with E-state index in [0.717, 1.165) is 31.0 Å². The van der Waals surface area contributed by atoms with E-state index >= 15 is 0 Å². The molecule has 84 valence electrons. The molecule has 0 amide bonds. The van der Waals surface area contributed by atoms with E-state index < -0.39 is 0 Å². The Morgan fingerprint density at radius 3 is 3.13 bits per heavy atom. The van der Waals surface area contributed by atoms with Crippen molar-refractivity contribution >= 4 is 0 Å². The first-order valence-corrected chi connectivity index (χ1v) is 5.53. The van der Waals surface area contributed by atoms with Crippen LogP contribution < -0.4 is 5.32 Å². The van der Waals surface area contributed by atoms with E-state index in [0.29, 0.717) is 12.1 Å². The second-order valence-electron chi connectivity index (χ2n) is 4.15. The number of aromatic nitrogens is 1. The van der Waals surface area contributed by atoms with Gasteiger partial charge in [-0.05, 0) is 26.7 Å². The van der Waals surface area contributed by atoms with E-state index in [1.807, 2.05) is 13.0 Å². The fourth-order valence-electron chi connectivity index (χ4n) is 1.90. The number of aryl methyl sites for hydroxylation is 1. The fourth-order valence-corrected chi connectivity index (χ4v) is 1.90. The van der Waals surface area contributed by atoms with Crippen molar-refractivity contribution in [3.8, 4) is 0 Å². The first-order chi connectivity index (χ1) is 7.25. The van der Waals surface area contributed by atoms with E-state index in [9.17, 15) is 0 Å². The molecule has 1 aliphatic rings. The monoisotopic (exact) mass is 210 g/mol. The Balaban J connectivity index is 1.77. The van der Waals surface area contributed by atoms with E-state index in [1.54, 1.807) is 0 Å². The van der Waals surface area contributed by atoms with Crippen LogP contribution in [0.3, 0.4) is 0 Å². The van der Waals surface area contributed by atoms with Gasteiger partial charge in [0.1, 0.15) is 5.76 Å². The van der Waals surface area contributed by atoms with Crippen molar-refractivity contribution in [3.63, 3.8) is 0 Å². The molecule has 1 aromatic heterocycles. The van der Waals surface area contributed by atoms with Gasteiger partial charge in [-0.3, -0.25) is 0 Å². The summed E-state index contributed by atoms with van der Waals surface area (Å²) in [7, 11) is 0. The standard InChI is InChI=1S/C11H18N2O2/c1-8-6-10(13-15-8)7-12-9(2)11-4-3-5-14-11/h6,9,11-12H,3-5,7H2,1-2H3/t9-,11+/m0/s1. The number of nitrogens with zero attached hydrogens (tertiary/aromatic N) is 1. The number of hydrogen-bond acceptors (Lipinski definition) is 4.